The number of halogens is 2. The van der Waals surface area contributed by atoms with E-state index < -0.39 is 0 Å². The molecule has 1 aliphatic heterocycles. The second-order valence-corrected chi connectivity index (χ2v) is 7.39. The monoisotopic (exact) mass is 432 g/mol. The number of carbonyl (C=O) groups excluding carboxylic acids is 1. The number of carbonyl (C=O) groups is 1. The molecule has 152 valence electrons. The Hall–Kier alpha value is -2.50. The maximum atomic E-state index is 12.9. The van der Waals surface area contributed by atoms with Crippen LogP contribution in [0.5, 0.6) is 11.5 Å². The maximum Gasteiger partial charge on any atom is 0.280 e. The largest absolute Gasteiger partial charge is 0.493 e. The first-order valence-corrected chi connectivity index (χ1v) is 10.1. The van der Waals surface area contributed by atoms with Gasteiger partial charge in [-0.3, -0.25) is 4.79 Å². The van der Waals surface area contributed by atoms with Crippen molar-refractivity contribution in [1.82, 2.24) is 0 Å². The molecular formula is C22H22Cl2N2O3. The fourth-order valence-corrected chi connectivity index (χ4v) is 3.15. The molecule has 1 amide bonds. The molecule has 7 heteroatoms. The predicted molar refractivity (Wildman–Crippen MR) is 118 cm³/mol. The highest BCUT2D eigenvalue weighted by molar-refractivity contribution is 6.42. The molecular weight excluding hydrogens is 411 g/mol. The van der Waals surface area contributed by atoms with Crippen molar-refractivity contribution in [1.29, 1.82) is 0 Å². The van der Waals surface area contributed by atoms with Gasteiger partial charge in [0.05, 0.1) is 40.7 Å². The summed E-state index contributed by atoms with van der Waals surface area (Å²) in [5, 5.41) is 6.48. The third-order valence-electron chi connectivity index (χ3n) is 4.46. The third-order valence-corrected chi connectivity index (χ3v) is 5.20. The average molecular weight is 433 g/mol. The van der Waals surface area contributed by atoms with Crippen LogP contribution >= 0.6 is 23.2 Å². The Kier molecular flexibility index (Phi) is 6.83. The fraction of sp³-hybridized carbons (Fsp3) is 0.273. The summed E-state index contributed by atoms with van der Waals surface area (Å²) in [5.41, 5.74) is 2.49. The highest BCUT2D eigenvalue weighted by atomic mass is 35.5. The minimum atomic E-state index is -0.233. The molecule has 0 saturated heterocycles. The number of anilines is 1. The van der Waals surface area contributed by atoms with E-state index in [4.69, 9.17) is 32.7 Å². The van der Waals surface area contributed by atoms with E-state index in [9.17, 15) is 4.79 Å². The van der Waals surface area contributed by atoms with E-state index in [1.807, 2.05) is 18.2 Å². The zero-order chi connectivity index (χ0) is 21.0. The Morgan fingerprint density at radius 3 is 2.59 bits per heavy atom. The van der Waals surface area contributed by atoms with Gasteiger partial charge in [-0.25, -0.2) is 0 Å². The molecule has 0 fully saturated rings. The number of rotatable bonds is 7. The Labute approximate surface area is 180 Å². The van der Waals surface area contributed by atoms with Gasteiger partial charge >= 0.3 is 0 Å². The molecule has 2 aromatic carbocycles. The van der Waals surface area contributed by atoms with Gasteiger partial charge in [0.2, 0.25) is 0 Å². The lowest BCUT2D eigenvalue weighted by Crippen LogP contribution is -2.21. The summed E-state index contributed by atoms with van der Waals surface area (Å²) in [4.78, 5) is 12.9. The highest BCUT2D eigenvalue weighted by Gasteiger charge is 2.29. The fourth-order valence-electron chi connectivity index (χ4n) is 2.86. The van der Waals surface area contributed by atoms with E-state index in [0.29, 0.717) is 45.1 Å². The molecule has 0 unspecified atom stereocenters. The summed E-state index contributed by atoms with van der Waals surface area (Å²) >= 11 is 12.0. The number of unbranched alkanes of at least 4 members (excludes halogenated alkanes) is 1. The van der Waals surface area contributed by atoms with Gasteiger partial charge in [0.15, 0.2) is 11.5 Å². The first-order valence-electron chi connectivity index (χ1n) is 9.32. The summed E-state index contributed by atoms with van der Waals surface area (Å²) < 4.78 is 11.2. The van der Waals surface area contributed by atoms with Gasteiger partial charge in [-0.1, -0.05) is 42.6 Å². The molecule has 29 heavy (non-hydrogen) atoms. The van der Waals surface area contributed by atoms with Crippen LogP contribution in [0.3, 0.4) is 0 Å². The Morgan fingerprint density at radius 1 is 1.10 bits per heavy atom. The summed E-state index contributed by atoms with van der Waals surface area (Å²) in [5.74, 6) is 1.07. The van der Waals surface area contributed by atoms with Crippen molar-refractivity contribution in [3.05, 3.63) is 57.6 Å². The van der Waals surface area contributed by atoms with Crippen molar-refractivity contribution in [2.24, 2.45) is 5.10 Å². The number of nitrogens with zero attached hydrogens (tertiary/aromatic N) is 2. The summed E-state index contributed by atoms with van der Waals surface area (Å²) in [6.45, 7) is 4.54. The van der Waals surface area contributed by atoms with Gasteiger partial charge in [0.25, 0.3) is 5.91 Å². The van der Waals surface area contributed by atoms with Crippen LogP contribution in [-0.4, -0.2) is 25.3 Å². The normalized spacial score (nSPS) is 15.1. The summed E-state index contributed by atoms with van der Waals surface area (Å²) in [6, 6.07) is 10.5. The first-order chi connectivity index (χ1) is 13.9. The van der Waals surface area contributed by atoms with Crippen LogP contribution in [0.2, 0.25) is 10.0 Å². The van der Waals surface area contributed by atoms with Crippen LogP contribution in [0.4, 0.5) is 5.69 Å². The van der Waals surface area contributed by atoms with Crippen LogP contribution in [0.15, 0.2) is 47.1 Å². The van der Waals surface area contributed by atoms with E-state index >= 15 is 0 Å². The highest BCUT2D eigenvalue weighted by Crippen LogP contribution is 2.32. The Bertz CT molecular complexity index is 986. The number of hydrogen-bond acceptors (Lipinski definition) is 4. The van der Waals surface area contributed by atoms with Crippen LogP contribution in [0, 0.1) is 0 Å². The lowest BCUT2D eigenvalue weighted by molar-refractivity contribution is -0.114. The standard InChI is InChI=1S/C22H22Cl2N2O3/c1-4-5-10-29-20-9-6-15(12-21(20)28-3)11-17-14(2)25-26(22(17)27)16-7-8-18(23)19(24)13-16/h6-9,11-13H,4-5,10H2,1-3H3/b17-11+. The van der Waals surface area contributed by atoms with Crippen LogP contribution in [0.25, 0.3) is 6.08 Å². The van der Waals surface area contributed by atoms with E-state index in [1.54, 1.807) is 38.3 Å². The minimum absolute atomic E-state index is 0.233. The SMILES string of the molecule is CCCCOc1ccc(/C=C2/C(=O)N(c3ccc(Cl)c(Cl)c3)N=C2C)cc1OC. The number of ether oxygens (including phenoxy) is 2. The maximum absolute atomic E-state index is 12.9. The molecule has 1 heterocycles. The molecule has 0 aromatic heterocycles. The Morgan fingerprint density at radius 2 is 1.90 bits per heavy atom. The van der Waals surface area contributed by atoms with Gasteiger partial charge in [0, 0.05) is 0 Å². The zero-order valence-corrected chi connectivity index (χ0v) is 18.0. The smallest absolute Gasteiger partial charge is 0.280 e. The van der Waals surface area contributed by atoms with Gasteiger partial charge in [0.1, 0.15) is 0 Å². The first kappa shape index (κ1) is 21.2. The van der Waals surface area contributed by atoms with Crippen LogP contribution in [0.1, 0.15) is 32.3 Å². The lowest BCUT2D eigenvalue weighted by atomic mass is 10.1. The molecule has 5 nitrogen and oxygen atoms in total. The molecule has 1 aliphatic rings. The number of hydrogen-bond donors (Lipinski definition) is 0. The molecule has 3 rings (SSSR count). The van der Waals surface area contributed by atoms with Crippen molar-refractivity contribution >= 4 is 46.6 Å². The second-order valence-electron chi connectivity index (χ2n) is 6.57. The van der Waals surface area contributed by atoms with E-state index in [2.05, 4.69) is 12.0 Å². The summed E-state index contributed by atoms with van der Waals surface area (Å²) in [7, 11) is 1.60. The van der Waals surface area contributed by atoms with Crippen LogP contribution in [-0.2, 0) is 4.79 Å². The number of hydrazone groups is 1. The zero-order valence-electron chi connectivity index (χ0n) is 16.5. The Balaban J connectivity index is 1.85. The number of benzene rings is 2. The molecule has 0 spiro atoms. The van der Waals surface area contributed by atoms with Crippen molar-refractivity contribution in [3.8, 4) is 11.5 Å². The molecule has 2 aromatic rings. The van der Waals surface area contributed by atoms with Crippen molar-refractivity contribution in [2.45, 2.75) is 26.7 Å². The summed E-state index contributed by atoms with van der Waals surface area (Å²) in [6.07, 6.45) is 3.82. The predicted octanol–water partition coefficient (Wildman–Crippen LogP) is 5.99. The number of methoxy groups -OCH3 is 1. The lowest BCUT2D eigenvalue weighted by Gasteiger charge is -2.13. The van der Waals surface area contributed by atoms with E-state index in [0.717, 1.165) is 18.4 Å². The van der Waals surface area contributed by atoms with Gasteiger partial charge in [-0.2, -0.15) is 10.1 Å². The average Bonchev–Trinajstić information content (AvgIpc) is 2.99. The molecule has 0 radical (unpaired) electrons. The van der Waals surface area contributed by atoms with E-state index in [1.165, 1.54) is 5.01 Å². The van der Waals surface area contributed by atoms with Crippen LogP contribution < -0.4 is 14.5 Å². The topological polar surface area (TPSA) is 51.1 Å². The molecule has 0 atom stereocenters. The van der Waals surface area contributed by atoms with Crippen molar-refractivity contribution < 1.29 is 14.3 Å². The third kappa shape index (κ3) is 4.74. The minimum Gasteiger partial charge on any atom is -0.493 e. The van der Waals surface area contributed by atoms with Gasteiger partial charge in [-0.15, -0.1) is 0 Å². The molecule has 0 saturated carbocycles. The second kappa shape index (κ2) is 9.33. The number of amides is 1. The molecule has 0 bridgehead atoms. The van der Waals surface area contributed by atoms with E-state index in [-0.39, 0.29) is 5.91 Å². The quantitative estimate of drug-likeness (QED) is 0.398. The van der Waals surface area contributed by atoms with Crippen molar-refractivity contribution in [3.63, 3.8) is 0 Å². The van der Waals surface area contributed by atoms with Gasteiger partial charge < -0.3 is 9.47 Å². The van der Waals surface area contributed by atoms with Crippen molar-refractivity contribution in [2.75, 3.05) is 18.7 Å². The molecule has 0 aliphatic carbocycles. The molecule has 0 N–H and O–H groups in total. The van der Waals surface area contributed by atoms with Gasteiger partial charge in [-0.05, 0) is 55.3 Å².